The van der Waals surface area contributed by atoms with Crippen LogP contribution < -0.4 is 5.32 Å². The van der Waals surface area contributed by atoms with Gasteiger partial charge < -0.3 is 10.1 Å². The second kappa shape index (κ2) is 8.93. The van der Waals surface area contributed by atoms with Crippen molar-refractivity contribution in [2.24, 2.45) is 5.92 Å². The number of nitrogens with one attached hydrogen (secondary N) is 1. The molecule has 1 N–H and O–H groups in total. The molecule has 2 rings (SSSR count). The lowest BCUT2D eigenvalue weighted by Gasteiger charge is -2.27. The van der Waals surface area contributed by atoms with Gasteiger partial charge in [0.25, 0.3) is 0 Å². The van der Waals surface area contributed by atoms with Crippen LogP contribution in [0.5, 0.6) is 0 Å². The second-order valence-electron chi connectivity index (χ2n) is 5.81. The molecule has 1 aliphatic carbocycles. The Bertz CT molecular complexity index is 388. The lowest BCUT2D eigenvalue weighted by molar-refractivity contribution is 0.157. The van der Waals surface area contributed by atoms with Crippen molar-refractivity contribution in [3.05, 3.63) is 42.0 Å². The molecule has 0 saturated heterocycles. The summed E-state index contributed by atoms with van der Waals surface area (Å²) < 4.78 is 5.62. The van der Waals surface area contributed by atoms with Crippen molar-refractivity contribution >= 4 is 6.08 Å². The highest BCUT2D eigenvalue weighted by Gasteiger charge is 2.17. The third-order valence-electron chi connectivity index (χ3n) is 3.94. The Morgan fingerprint density at radius 2 is 2.10 bits per heavy atom. The average molecular weight is 273 g/mol. The smallest absolute Gasteiger partial charge is 0.0651 e. The molecule has 2 nitrogen and oxygen atoms in total. The first-order valence-corrected chi connectivity index (χ1v) is 7.87. The van der Waals surface area contributed by atoms with Crippen LogP contribution in [0, 0.1) is 5.92 Å². The van der Waals surface area contributed by atoms with Crippen LogP contribution in [0.1, 0.15) is 38.2 Å². The Kier molecular flexibility index (Phi) is 6.82. The monoisotopic (exact) mass is 273 g/mol. The topological polar surface area (TPSA) is 21.3 Å². The molecule has 0 amide bonds. The van der Waals surface area contributed by atoms with Crippen molar-refractivity contribution in [1.82, 2.24) is 5.32 Å². The lowest BCUT2D eigenvalue weighted by atomic mass is 9.87. The molecular weight excluding hydrogens is 246 g/mol. The van der Waals surface area contributed by atoms with E-state index in [2.05, 4.69) is 48.7 Å². The van der Waals surface area contributed by atoms with Gasteiger partial charge in [-0.1, -0.05) is 62.2 Å². The normalized spacial score (nSPS) is 23.2. The Morgan fingerprint density at radius 1 is 1.25 bits per heavy atom. The van der Waals surface area contributed by atoms with Crippen molar-refractivity contribution in [1.29, 1.82) is 0 Å². The van der Waals surface area contributed by atoms with Gasteiger partial charge in [-0.05, 0) is 24.3 Å². The first-order chi connectivity index (χ1) is 9.84. The fraction of sp³-hybridized carbons (Fsp3) is 0.556. The van der Waals surface area contributed by atoms with Crippen molar-refractivity contribution in [3.63, 3.8) is 0 Å². The quantitative estimate of drug-likeness (QED) is 0.761. The molecule has 0 spiro atoms. The average Bonchev–Trinajstić information content (AvgIpc) is 2.47. The fourth-order valence-corrected chi connectivity index (χ4v) is 2.85. The Morgan fingerprint density at radius 3 is 2.90 bits per heavy atom. The highest BCUT2D eigenvalue weighted by Crippen LogP contribution is 2.23. The largest absolute Gasteiger partial charge is 0.376 e. The number of benzene rings is 1. The zero-order valence-corrected chi connectivity index (χ0v) is 12.6. The number of ether oxygens (including phenoxy) is 1. The Balaban J connectivity index is 1.50. The van der Waals surface area contributed by atoms with E-state index in [1.165, 1.54) is 31.2 Å². The molecule has 1 aromatic rings. The molecule has 2 unspecified atom stereocenters. The molecule has 110 valence electrons. The van der Waals surface area contributed by atoms with Crippen LogP contribution in [0.4, 0.5) is 0 Å². The molecule has 0 radical (unpaired) electrons. The van der Waals surface area contributed by atoms with E-state index < -0.39 is 0 Å². The molecular formula is C18H27NO. The Hall–Kier alpha value is -1.12. The minimum atomic E-state index is 0.692. The molecule has 20 heavy (non-hydrogen) atoms. The van der Waals surface area contributed by atoms with Crippen LogP contribution >= 0.6 is 0 Å². The fourth-order valence-electron chi connectivity index (χ4n) is 2.85. The van der Waals surface area contributed by atoms with E-state index >= 15 is 0 Å². The number of hydrogen-bond donors (Lipinski definition) is 1. The SMILES string of the molecule is CC1CCCC(NCCOCC=Cc2ccccc2)C1. The highest BCUT2D eigenvalue weighted by atomic mass is 16.5. The van der Waals surface area contributed by atoms with Crippen LogP contribution in [-0.4, -0.2) is 25.8 Å². The summed E-state index contributed by atoms with van der Waals surface area (Å²) in [5, 5.41) is 3.61. The van der Waals surface area contributed by atoms with E-state index in [-0.39, 0.29) is 0 Å². The van der Waals surface area contributed by atoms with Gasteiger partial charge in [-0.25, -0.2) is 0 Å². The molecule has 2 heteroatoms. The summed E-state index contributed by atoms with van der Waals surface area (Å²) in [6, 6.07) is 11.0. The molecule has 0 heterocycles. The first-order valence-electron chi connectivity index (χ1n) is 7.87. The first kappa shape index (κ1) is 15.3. The predicted molar refractivity (Wildman–Crippen MR) is 85.7 cm³/mol. The highest BCUT2D eigenvalue weighted by molar-refractivity contribution is 5.48. The maximum atomic E-state index is 5.62. The summed E-state index contributed by atoms with van der Waals surface area (Å²) in [6.45, 7) is 4.82. The van der Waals surface area contributed by atoms with Gasteiger partial charge in [0.2, 0.25) is 0 Å². The van der Waals surface area contributed by atoms with Crippen molar-refractivity contribution in [3.8, 4) is 0 Å². The van der Waals surface area contributed by atoms with Crippen LogP contribution in [0.25, 0.3) is 6.08 Å². The van der Waals surface area contributed by atoms with Crippen LogP contribution in [0.2, 0.25) is 0 Å². The van der Waals surface area contributed by atoms with Crippen LogP contribution in [-0.2, 0) is 4.74 Å². The molecule has 2 atom stereocenters. The van der Waals surface area contributed by atoms with E-state index in [0.717, 1.165) is 19.1 Å². The van der Waals surface area contributed by atoms with Gasteiger partial charge in [-0.15, -0.1) is 0 Å². The minimum Gasteiger partial charge on any atom is -0.376 e. The van der Waals surface area contributed by atoms with Crippen molar-refractivity contribution in [2.75, 3.05) is 19.8 Å². The number of rotatable bonds is 7. The van der Waals surface area contributed by atoms with Crippen LogP contribution in [0.15, 0.2) is 36.4 Å². The summed E-state index contributed by atoms with van der Waals surface area (Å²) in [7, 11) is 0. The maximum absolute atomic E-state index is 5.62. The summed E-state index contributed by atoms with van der Waals surface area (Å²) in [5.41, 5.74) is 1.23. The Labute approximate surface area is 123 Å². The molecule has 1 fully saturated rings. The predicted octanol–water partition coefficient (Wildman–Crippen LogP) is 3.88. The summed E-state index contributed by atoms with van der Waals surface area (Å²) in [6.07, 6.45) is 9.62. The third kappa shape index (κ3) is 5.89. The van der Waals surface area contributed by atoms with E-state index in [1.807, 2.05) is 6.07 Å². The number of hydrogen-bond acceptors (Lipinski definition) is 2. The summed E-state index contributed by atoms with van der Waals surface area (Å²) >= 11 is 0. The second-order valence-corrected chi connectivity index (χ2v) is 5.81. The van der Waals surface area contributed by atoms with E-state index in [9.17, 15) is 0 Å². The van der Waals surface area contributed by atoms with Gasteiger partial charge in [-0.2, -0.15) is 0 Å². The molecule has 1 aromatic carbocycles. The summed E-state index contributed by atoms with van der Waals surface area (Å²) in [4.78, 5) is 0. The van der Waals surface area contributed by atoms with E-state index in [1.54, 1.807) is 0 Å². The lowest BCUT2D eigenvalue weighted by Crippen LogP contribution is -2.35. The van der Waals surface area contributed by atoms with Gasteiger partial charge in [0.15, 0.2) is 0 Å². The van der Waals surface area contributed by atoms with Gasteiger partial charge in [0.05, 0.1) is 13.2 Å². The molecule has 0 bridgehead atoms. The molecule has 0 aliphatic heterocycles. The van der Waals surface area contributed by atoms with Crippen molar-refractivity contribution in [2.45, 2.75) is 38.6 Å². The maximum Gasteiger partial charge on any atom is 0.0651 e. The minimum absolute atomic E-state index is 0.692. The molecule has 0 aromatic heterocycles. The zero-order valence-electron chi connectivity index (χ0n) is 12.6. The zero-order chi connectivity index (χ0) is 14.0. The van der Waals surface area contributed by atoms with E-state index in [0.29, 0.717) is 12.6 Å². The van der Waals surface area contributed by atoms with Gasteiger partial charge in [0, 0.05) is 12.6 Å². The third-order valence-corrected chi connectivity index (χ3v) is 3.94. The molecule has 1 aliphatic rings. The van der Waals surface area contributed by atoms with Gasteiger partial charge in [0.1, 0.15) is 0 Å². The standard InChI is InChI=1S/C18H27NO/c1-16-7-5-11-18(15-16)19-12-14-20-13-6-10-17-8-3-2-4-9-17/h2-4,6,8-10,16,18-19H,5,7,11-15H2,1H3. The molecule has 1 saturated carbocycles. The van der Waals surface area contributed by atoms with Crippen LogP contribution in [0.3, 0.4) is 0 Å². The summed E-state index contributed by atoms with van der Waals surface area (Å²) in [5.74, 6) is 0.885. The van der Waals surface area contributed by atoms with E-state index in [4.69, 9.17) is 4.74 Å². The van der Waals surface area contributed by atoms with Gasteiger partial charge >= 0.3 is 0 Å². The van der Waals surface area contributed by atoms with Gasteiger partial charge in [-0.3, -0.25) is 0 Å². The van der Waals surface area contributed by atoms with Crippen molar-refractivity contribution < 1.29 is 4.74 Å².